The fourth-order valence-electron chi connectivity index (χ4n) is 0.631. The van der Waals surface area contributed by atoms with Crippen LogP contribution >= 0.6 is 0 Å². The molecule has 0 unspecified atom stereocenters. The number of hydrogen-bond acceptors (Lipinski definition) is 6. The Hall–Kier alpha value is -1.37. The average molecular weight is 214 g/mol. The number of carbonyl (C=O) groups is 1. The topological polar surface area (TPSA) is 104 Å². The molecule has 6 nitrogen and oxygen atoms in total. The average Bonchev–Trinajstić information content (AvgIpc) is 2.31. The van der Waals surface area contributed by atoms with Gasteiger partial charge in [-0.25, -0.2) is 9.97 Å². The first kappa shape index (κ1) is 13.6. The zero-order valence-electron chi connectivity index (χ0n) is 8.10. The van der Waals surface area contributed by atoms with Gasteiger partial charge in [-0.2, -0.15) is 0 Å². The molecule has 0 aromatic carbocycles. The number of carbonyl (C=O) groups excluding carboxylic acids is 1. The first-order valence-electron chi connectivity index (χ1n) is 4.33. The van der Waals surface area contributed by atoms with Gasteiger partial charge in [-0.15, -0.1) is 0 Å². The van der Waals surface area contributed by atoms with Gasteiger partial charge in [0.05, 0.1) is 12.7 Å². The largest absolute Gasteiger partial charge is 0.394 e. The van der Waals surface area contributed by atoms with Crippen LogP contribution < -0.4 is 0 Å². The molecule has 6 heteroatoms. The lowest BCUT2D eigenvalue weighted by Gasteiger charge is -2.11. The summed E-state index contributed by atoms with van der Waals surface area (Å²) < 4.78 is 0. The summed E-state index contributed by atoms with van der Waals surface area (Å²) in [6.45, 7) is -0.519. The Morgan fingerprint density at radius 1 is 1.20 bits per heavy atom. The lowest BCUT2D eigenvalue weighted by molar-refractivity contribution is -0.111. The van der Waals surface area contributed by atoms with Gasteiger partial charge in [0.2, 0.25) is 0 Å². The second kappa shape index (κ2) is 9.20. The van der Waals surface area contributed by atoms with Gasteiger partial charge in [0.25, 0.3) is 0 Å². The second-order valence-corrected chi connectivity index (χ2v) is 2.62. The summed E-state index contributed by atoms with van der Waals surface area (Å²) >= 11 is 0. The summed E-state index contributed by atoms with van der Waals surface area (Å²) in [5, 5.41) is 25.5. The van der Waals surface area contributed by atoms with Crippen LogP contribution in [0, 0.1) is 0 Å². The molecule has 84 valence electrons. The molecule has 0 fully saturated rings. The summed E-state index contributed by atoms with van der Waals surface area (Å²) in [6, 6.07) is 1.78. The van der Waals surface area contributed by atoms with E-state index in [0.717, 1.165) is 0 Å². The molecule has 0 saturated carbocycles. The third-order valence-electron chi connectivity index (χ3n) is 1.45. The highest BCUT2D eigenvalue weighted by Gasteiger charge is 2.13. The second-order valence-electron chi connectivity index (χ2n) is 2.62. The fourth-order valence-corrected chi connectivity index (χ4v) is 0.631. The number of hydrogen-bond donors (Lipinski definition) is 3. The summed E-state index contributed by atoms with van der Waals surface area (Å²) in [4.78, 5) is 17.0. The van der Waals surface area contributed by atoms with E-state index in [-0.39, 0.29) is 6.42 Å². The van der Waals surface area contributed by atoms with Crippen LogP contribution in [0.5, 0.6) is 0 Å². The van der Waals surface area contributed by atoms with Gasteiger partial charge in [0, 0.05) is 18.8 Å². The Kier molecular flexibility index (Phi) is 8.36. The van der Waals surface area contributed by atoms with Gasteiger partial charge in [-0.1, -0.05) is 0 Å². The Bertz CT molecular complexity index is 218. The van der Waals surface area contributed by atoms with Crippen molar-refractivity contribution in [2.24, 2.45) is 0 Å². The summed E-state index contributed by atoms with van der Waals surface area (Å²) in [7, 11) is 0. The van der Waals surface area contributed by atoms with Gasteiger partial charge in [0.1, 0.15) is 18.7 Å². The molecule has 0 spiro atoms. The normalized spacial score (nSPS) is 13.3. The highest BCUT2D eigenvalue weighted by atomic mass is 16.4. The molecule has 1 rings (SSSR count). The van der Waals surface area contributed by atoms with Crippen LogP contribution in [0.25, 0.3) is 0 Å². The van der Waals surface area contributed by atoms with Crippen LogP contribution in [0.4, 0.5) is 0 Å². The predicted octanol–water partition coefficient (Wildman–Crippen LogP) is -1.23. The van der Waals surface area contributed by atoms with E-state index in [2.05, 4.69) is 9.97 Å². The van der Waals surface area contributed by atoms with E-state index in [1.807, 2.05) is 0 Å². The highest BCUT2D eigenvalue weighted by molar-refractivity contribution is 5.50. The SMILES string of the molecule is O=CC[C@H](O)[C@H](O)CO.c1cncnc1. The van der Waals surface area contributed by atoms with Gasteiger partial charge in [-0.05, 0) is 6.07 Å². The maximum atomic E-state index is 9.68. The number of rotatable bonds is 4. The third-order valence-corrected chi connectivity index (χ3v) is 1.45. The highest BCUT2D eigenvalue weighted by Crippen LogP contribution is 1.94. The molecular formula is C9H14N2O4. The van der Waals surface area contributed by atoms with Crippen LogP contribution in [0.15, 0.2) is 24.8 Å². The number of aldehydes is 1. The standard InChI is InChI=1S/C5H10O4.C4H4N2/c6-2-1-4(8)5(9)3-7;1-2-5-4-6-3-1/h2,4-5,7-9H,1,3H2;1-4H/t4-,5+;/m0./s1. The van der Waals surface area contributed by atoms with Crippen molar-refractivity contribution in [2.75, 3.05) is 6.61 Å². The number of aromatic nitrogens is 2. The lowest BCUT2D eigenvalue weighted by atomic mass is 10.2. The molecule has 1 aromatic rings. The van der Waals surface area contributed by atoms with E-state index in [1.165, 1.54) is 6.33 Å². The molecule has 2 atom stereocenters. The Morgan fingerprint density at radius 2 is 1.80 bits per heavy atom. The molecule has 0 saturated heterocycles. The van der Waals surface area contributed by atoms with Gasteiger partial charge in [0.15, 0.2) is 0 Å². The number of aliphatic hydroxyl groups excluding tert-OH is 3. The molecule has 3 N–H and O–H groups in total. The molecule has 0 aliphatic heterocycles. The Balaban J connectivity index is 0.000000280. The van der Waals surface area contributed by atoms with Crippen molar-refractivity contribution in [3.63, 3.8) is 0 Å². The van der Waals surface area contributed by atoms with Crippen molar-refractivity contribution < 1.29 is 20.1 Å². The summed E-state index contributed by atoms with van der Waals surface area (Å²) in [6.07, 6.45) is 2.90. The van der Waals surface area contributed by atoms with Crippen molar-refractivity contribution in [2.45, 2.75) is 18.6 Å². The van der Waals surface area contributed by atoms with Crippen molar-refractivity contribution >= 4 is 6.29 Å². The first-order valence-corrected chi connectivity index (χ1v) is 4.33. The number of aliphatic hydroxyl groups is 3. The zero-order chi connectivity index (χ0) is 11.5. The Morgan fingerprint density at radius 3 is 2.07 bits per heavy atom. The monoisotopic (exact) mass is 214 g/mol. The maximum Gasteiger partial charge on any atom is 0.122 e. The van der Waals surface area contributed by atoms with Crippen molar-refractivity contribution in [3.05, 3.63) is 24.8 Å². The van der Waals surface area contributed by atoms with Crippen LogP contribution in [0.1, 0.15) is 6.42 Å². The quantitative estimate of drug-likeness (QED) is 0.542. The van der Waals surface area contributed by atoms with E-state index in [4.69, 9.17) is 15.3 Å². The molecular weight excluding hydrogens is 200 g/mol. The Labute approximate surface area is 87.2 Å². The molecule has 1 aromatic heterocycles. The maximum absolute atomic E-state index is 9.68. The van der Waals surface area contributed by atoms with Crippen LogP contribution in [-0.4, -0.2) is 50.4 Å². The van der Waals surface area contributed by atoms with E-state index >= 15 is 0 Å². The van der Waals surface area contributed by atoms with Crippen LogP contribution in [0.2, 0.25) is 0 Å². The zero-order valence-corrected chi connectivity index (χ0v) is 8.10. The van der Waals surface area contributed by atoms with Crippen molar-refractivity contribution in [3.8, 4) is 0 Å². The molecule has 15 heavy (non-hydrogen) atoms. The van der Waals surface area contributed by atoms with Crippen molar-refractivity contribution in [1.29, 1.82) is 0 Å². The van der Waals surface area contributed by atoms with E-state index in [0.29, 0.717) is 6.29 Å². The number of nitrogens with zero attached hydrogens (tertiary/aromatic N) is 2. The fraction of sp³-hybridized carbons (Fsp3) is 0.444. The van der Waals surface area contributed by atoms with Crippen molar-refractivity contribution in [1.82, 2.24) is 9.97 Å². The van der Waals surface area contributed by atoms with Crippen LogP contribution in [-0.2, 0) is 4.79 Å². The van der Waals surface area contributed by atoms with Crippen LogP contribution in [0.3, 0.4) is 0 Å². The van der Waals surface area contributed by atoms with Gasteiger partial charge < -0.3 is 20.1 Å². The van der Waals surface area contributed by atoms with E-state index in [9.17, 15) is 4.79 Å². The molecule has 0 bridgehead atoms. The smallest absolute Gasteiger partial charge is 0.122 e. The molecule has 0 aliphatic carbocycles. The minimum atomic E-state index is -1.20. The molecule has 0 amide bonds. The summed E-state index contributed by atoms with van der Waals surface area (Å²) in [5.41, 5.74) is 0. The van der Waals surface area contributed by atoms with E-state index in [1.54, 1.807) is 18.5 Å². The first-order chi connectivity index (χ1) is 7.22. The minimum absolute atomic E-state index is 0.137. The van der Waals surface area contributed by atoms with E-state index < -0.39 is 18.8 Å². The molecule has 1 heterocycles. The third kappa shape index (κ3) is 7.68. The van der Waals surface area contributed by atoms with Gasteiger partial charge in [-0.3, -0.25) is 0 Å². The predicted molar refractivity (Wildman–Crippen MR) is 51.8 cm³/mol. The molecule has 0 radical (unpaired) electrons. The molecule has 0 aliphatic rings. The lowest BCUT2D eigenvalue weighted by Crippen LogP contribution is -2.29. The van der Waals surface area contributed by atoms with Gasteiger partial charge >= 0.3 is 0 Å². The minimum Gasteiger partial charge on any atom is -0.394 e. The summed E-state index contributed by atoms with van der Waals surface area (Å²) in [5.74, 6) is 0.